The van der Waals surface area contributed by atoms with Crippen molar-refractivity contribution in [2.45, 2.75) is 13.0 Å². The molecular formula is C9H9ClN2O2. The monoisotopic (exact) mass is 212 g/mol. The maximum absolute atomic E-state index is 5.63. The van der Waals surface area contributed by atoms with Crippen LogP contribution in [0.5, 0.6) is 0 Å². The summed E-state index contributed by atoms with van der Waals surface area (Å²) in [6.45, 7) is 1.80. The first kappa shape index (κ1) is 9.30. The van der Waals surface area contributed by atoms with Crippen molar-refractivity contribution in [2.24, 2.45) is 5.73 Å². The fourth-order valence-electron chi connectivity index (χ4n) is 1.06. The fourth-order valence-corrected chi connectivity index (χ4v) is 1.20. The summed E-state index contributed by atoms with van der Waals surface area (Å²) in [6, 6.07) is 3.13. The molecule has 0 aliphatic heterocycles. The van der Waals surface area contributed by atoms with Crippen molar-refractivity contribution in [1.29, 1.82) is 0 Å². The number of hydrogen-bond acceptors (Lipinski definition) is 4. The van der Waals surface area contributed by atoms with Gasteiger partial charge >= 0.3 is 0 Å². The highest BCUT2D eigenvalue weighted by Crippen LogP contribution is 2.26. The molecule has 0 saturated carbocycles. The predicted octanol–water partition coefficient (Wildman–Crippen LogP) is 2.61. The Balaban J connectivity index is 2.33. The molecule has 0 bridgehead atoms. The van der Waals surface area contributed by atoms with Crippen molar-refractivity contribution < 1.29 is 8.83 Å². The van der Waals surface area contributed by atoms with Crippen LogP contribution in [0.2, 0.25) is 5.22 Å². The first-order valence-corrected chi connectivity index (χ1v) is 4.51. The van der Waals surface area contributed by atoms with E-state index in [0.29, 0.717) is 22.6 Å². The summed E-state index contributed by atoms with van der Waals surface area (Å²) in [4.78, 5) is 4.01. The first-order chi connectivity index (χ1) is 6.66. The van der Waals surface area contributed by atoms with Crippen molar-refractivity contribution in [3.8, 4) is 11.5 Å². The van der Waals surface area contributed by atoms with Gasteiger partial charge in [-0.05, 0) is 30.7 Å². The highest BCUT2D eigenvalue weighted by Gasteiger charge is 2.12. The molecule has 5 heteroatoms. The van der Waals surface area contributed by atoms with Gasteiger partial charge in [0.15, 0.2) is 16.7 Å². The molecule has 0 aliphatic rings. The van der Waals surface area contributed by atoms with Crippen LogP contribution in [0.25, 0.3) is 11.5 Å². The molecule has 0 aromatic carbocycles. The molecule has 0 radical (unpaired) electrons. The second-order valence-corrected chi connectivity index (χ2v) is 3.33. The van der Waals surface area contributed by atoms with E-state index < -0.39 is 0 Å². The van der Waals surface area contributed by atoms with Gasteiger partial charge in [-0.2, -0.15) is 0 Å². The zero-order valence-corrected chi connectivity index (χ0v) is 8.28. The van der Waals surface area contributed by atoms with Crippen LogP contribution in [0, 0.1) is 0 Å². The molecule has 4 nitrogen and oxygen atoms in total. The molecule has 0 fully saturated rings. The average Bonchev–Trinajstić information content (AvgIpc) is 2.70. The van der Waals surface area contributed by atoms with E-state index in [-0.39, 0.29) is 6.04 Å². The van der Waals surface area contributed by atoms with Gasteiger partial charge < -0.3 is 14.6 Å². The standard InChI is InChI=1S/C9H9ClN2O2/c1-5(11)9-12-4-7(14-9)6-2-3-8(10)13-6/h2-5H,11H2,1H3. The zero-order chi connectivity index (χ0) is 10.1. The summed E-state index contributed by atoms with van der Waals surface area (Å²) < 4.78 is 10.5. The molecule has 0 aliphatic carbocycles. The van der Waals surface area contributed by atoms with Crippen LogP contribution >= 0.6 is 11.6 Å². The number of nitrogens with zero attached hydrogens (tertiary/aromatic N) is 1. The minimum atomic E-state index is -0.228. The van der Waals surface area contributed by atoms with Crippen LogP contribution in [0.1, 0.15) is 18.9 Å². The summed E-state index contributed by atoms with van der Waals surface area (Å²) in [7, 11) is 0. The Morgan fingerprint density at radius 2 is 2.14 bits per heavy atom. The maximum Gasteiger partial charge on any atom is 0.211 e. The van der Waals surface area contributed by atoms with Crippen molar-refractivity contribution in [3.05, 3.63) is 29.4 Å². The van der Waals surface area contributed by atoms with E-state index in [4.69, 9.17) is 26.2 Å². The Labute approximate surface area is 85.7 Å². The Bertz CT molecular complexity index is 433. The van der Waals surface area contributed by atoms with Crippen molar-refractivity contribution in [1.82, 2.24) is 4.98 Å². The Morgan fingerprint density at radius 3 is 2.64 bits per heavy atom. The third kappa shape index (κ3) is 1.66. The van der Waals surface area contributed by atoms with E-state index >= 15 is 0 Å². The summed E-state index contributed by atoms with van der Waals surface area (Å²) in [5.41, 5.74) is 5.60. The normalized spacial score (nSPS) is 13.1. The van der Waals surface area contributed by atoms with Gasteiger partial charge in [-0.3, -0.25) is 0 Å². The van der Waals surface area contributed by atoms with Gasteiger partial charge in [0.05, 0.1) is 12.2 Å². The number of aromatic nitrogens is 1. The smallest absolute Gasteiger partial charge is 0.211 e. The molecule has 0 saturated heterocycles. The number of furan rings is 1. The number of oxazole rings is 1. The molecule has 1 atom stereocenters. The lowest BCUT2D eigenvalue weighted by Gasteiger charge is -1.95. The third-order valence-electron chi connectivity index (χ3n) is 1.73. The van der Waals surface area contributed by atoms with Gasteiger partial charge in [0.1, 0.15) is 0 Å². The van der Waals surface area contributed by atoms with Crippen LogP contribution in [0.3, 0.4) is 0 Å². The van der Waals surface area contributed by atoms with Gasteiger partial charge in [0.25, 0.3) is 0 Å². The minimum Gasteiger partial charge on any atom is -0.441 e. The molecule has 2 rings (SSSR count). The number of halogens is 1. The Kier molecular flexibility index (Phi) is 2.31. The summed E-state index contributed by atoms with van der Waals surface area (Å²) in [5, 5.41) is 0.318. The van der Waals surface area contributed by atoms with Gasteiger partial charge in [-0.15, -0.1) is 0 Å². The molecule has 2 aromatic heterocycles. The number of nitrogens with two attached hydrogens (primary N) is 1. The van der Waals surface area contributed by atoms with Crippen LogP contribution in [-0.2, 0) is 0 Å². The van der Waals surface area contributed by atoms with Gasteiger partial charge in [0.2, 0.25) is 5.89 Å². The number of hydrogen-bond donors (Lipinski definition) is 1. The van der Waals surface area contributed by atoms with Gasteiger partial charge in [-0.25, -0.2) is 4.98 Å². The minimum absolute atomic E-state index is 0.228. The quantitative estimate of drug-likeness (QED) is 0.831. The molecule has 0 spiro atoms. The highest BCUT2D eigenvalue weighted by molar-refractivity contribution is 6.28. The van der Waals surface area contributed by atoms with E-state index in [2.05, 4.69) is 4.98 Å². The molecule has 14 heavy (non-hydrogen) atoms. The lowest BCUT2D eigenvalue weighted by molar-refractivity contribution is 0.457. The molecular weight excluding hydrogens is 204 g/mol. The van der Waals surface area contributed by atoms with Crippen LogP contribution in [-0.4, -0.2) is 4.98 Å². The van der Waals surface area contributed by atoms with E-state index in [9.17, 15) is 0 Å². The van der Waals surface area contributed by atoms with Crippen molar-refractivity contribution >= 4 is 11.6 Å². The van der Waals surface area contributed by atoms with E-state index in [1.807, 2.05) is 0 Å². The van der Waals surface area contributed by atoms with Gasteiger partial charge in [-0.1, -0.05) is 0 Å². The van der Waals surface area contributed by atoms with E-state index in [1.165, 1.54) is 0 Å². The average molecular weight is 213 g/mol. The van der Waals surface area contributed by atoms with E-state index in [1.54, 1.807) is 25.3 Å². The number of rotatable bonds is 2. The molecule has 0 amide bonds. The SMILES string of the molecule is CC(N)c1ncc(-c2ccc(Cl)o2)o1. The fraction of sp³-hybridized carbons (Fsp3) is 0.222. The maximum atomic E-state index is 5.63. The zero-order valence-electron chi connectivity index (χ0n) is 7.53. The molecule has 2 aromatic rings. The van der Waals surface area contributed by atoms with Gasteiger partial charge in [0, 0.05) is 0 Å². The summed E-state index contributed by atoms with van der Waals surface area (Å²) in [5.74, 6) is 1.56. The van der Waals surface area contributed by atoms with Crippen LogP contribution < -0.4 is 5.73 Å². The highest BCUT2D eigenvalue weighted by atomic mass is 35.5. The molecule has 1 unspecified atom stereocenters. The molecule has 74 valence electrons. The Morgan fingerprint density at radius 1 is 1.36 bits per heavy atom. The van der Waals surface area contributed by atoms with Crippen molar-refractivity contribution in [3.63, 3.8) is 0 Å². The first-order valence-electron chi connectivity index (χ1n) is 4.14. The van der Waals surface area contributed by atoms with E-state index in [0.717, 1.165) is 0 Å². The predicted molar refractivity (Wildman–Crippen MR) is 51.8 cm³/mol. The van der Waals surface area contributed by atoms with Crippen LogP contribution in [0.4, 0.5) is 0 Å². The second-order valence-electron chi connectivity index (χ2n) is 2.96. The summed E-state index contributed by atoms with van der Waals surface area (Å²) >= 11 is 5.63. The van der Waals surface area contributed by atoms with Crippen LogP contribution in [0.15, 0.2) is 27.2 Å². The molecule has 2 N–H and O–H groups in total. The Hall–Kier alpha value is -1.26. The third-order valence-corrected chi connectivity index (χ3v) is 1.93. The largest absolute Gasteiger partial charge is 0.441 e. The van der Waals surface area contributed by atoms with Crippen molar-refractivity contribution in [2.75, 3.05) is 0 Å². The summed E-state index contributed by atoms with van der Waals surface area (Å²) in [6.07, 6.45) is 1.56. The molecule has 2 heterocycles. The topological polar surface area (TPSA) is 65.2 Å². The lowest BCUT2D eigenvalue weighted by atomic mass is 10.4. The second kappa shape index (κ2) is 3.48. The lowest BCUT2D eigenvalue weighted by Crippen LogP contribution is -2.04.